The molecule has 5 heteroatoms. The van der Waals surface area contributed by atoms with Crippen LogP contribution in [0, 0.1) is 0 Å². The highest BCUT2D eigenvalue weighted by Crippen LogP contribution is 2.30. The Hall–Kier alpha value is -1.88. The van der Waals surface area contributed by atoms with E-state index in [2.05, 4.69) is 33.0 Å². The minimum atomic E-state index is -1.01. The number of hydrogen-bond acceptors (Lipinski definition) is 4. The van der Waals surface area contributed by atoms with Crippen LogP contribution in [-0.4, -0.2) is 34.2 Å². The number of esters is 1. The molecular formula is C17H23NO4. The molecule has 1 fully saturated rings. The summed E-state index contributed by atoms with van der Waals surface area (Å²) in [4.78, 5) is 23.0. The molecule has 0 aromatic heterocycles. The fraction of sp³-hybridized carbons (Fsp3) is 0.529. The number of hydrogen-bond donors (Lipinski definition) is 2. The number of aromatic carboxylic acids is 1. The first-order valence-electron chi connectivity index (χ1n) is 7.42. The number of ether oxygens (including phenoxy) is 1. The van der Waals surface area contributed by atoms with Crippen molar-refractivity contribution in [2.75, 3.05) is 0 Å². The van der Waals surface area contributed by atoms with Crippen LogP contribution in [-0.2, 0) is 4.74 Å². The quantitative estimate of drug-likeness (QED) is 0.840. The van der Waals surface area contributed by atoms with Gasteiger partial charge in [-0.2, -0.15) is 0 Å². The summed E-state index contributed by atoms with van der Waals surface area (Å²) < 4.78 is 5.62. The zero-order valence-electron chi connectivity index (χ0n) is 13.5. The first-order valence-corrected chi connectivity index (χ1v) is 7.42. The number of carboxylic acids is 1. The molecule has 1 aliphatic rings. The minimum Gasteiger partial charge on any atom is -0.478 e. The second-order valence-corrected chi connectivity index (χ2v) is 7.21. The molecule has 0 radical (unpaired) electrons. The topological polar surface area (TPSA) is 75.6 Å². The average molecular weight is 305 g/mol. The van der Waals surface area contributed by atoms with Crippen molar-refractivity contribution in [2.24, 2.45) is 0 Å². The Morgan fingerprint density at radius 3 is 1.95 bits per heavy atom. The SMILES string of the molecule is CC1(C)CC(OC(=O)c2ccc(C(=O)O)cc2)CC(C)(C)N1. The number of benzene rings is 1. The van der Waals surface area contributed by atoms with Gasteiger partial charge in [-0.25, -0.2) is 9.59 Å². The van der Waals surface area contributed by atoms with E-state index in [0.717, 1.165) is 12.8 Å². The van der Waals surface area contributed by atoms with E-state index in [1.54, 1.807) is 0 Å². The van der Waals surface area contributed by atoms with Gasteiger partial charge in [-0.3, -0.25) is 0 Å². The van der Waals surface area contributed by atoms with Gasteiger partial charge in [0.05, 0.1) is 11.1 Å². The largest absolute Gasteiger partial charge is 0.478 e. The third-order valence-corrected chi connectivity index (χ3v) is 3.79. The van der Waals surface area contributed by atoms with E-state index in [1.807, 2.05) is 0 Å². The van der Waals surface area contributed by atoms with Crippen molar-refractivity contribution in [1.29, 1.82) is 0 Å². The van der Waals surface area contributed by atoms with Gasteiger partial charge in [0.1, 0.15) is 6.10 Å². The Morgan fingerprint density at radius 1 is 1.05 bits per heavy atom. The maximum Gasteiger partial charge on any atom is 0.338 e. The van der Waals surface area contributed by atoms with Crippen molar-refractivity contribution in [3.63, 3.8) is 0 Å². The highest BCUT2D eigenvalue weighted by atomic mass is 16.5. The van der Waals surface area contributed by atoms with E-state index < -0.39 is 11.9 Å². The monoisotopic (exact) mass is 305 g/mol. The second kappa shape index (κ2) is 5.72. The standard InChI is InChI=1S/C17H23NO4/c1-16(2)9-13(10-17(3,4)18-16)22-15(21)12-7-5-11(6-8-12)14(19)20/h5-8,13,18H,9-10H2,1-4H3,(H,19,20). The fourth-order valence-electron chi connectivity index (χ4n) is 3.28. The van der Waals surface area contributed by atoms with E-state index >= 15 is 0 Å². The summed E-state index contributed by atoms with van der Waals surface area (Å²) in [5.74, 6) is -1.42. The lowest BCUT2D eigenvalue weighted by atomic mass is 9.81. The number of nitrogens with one attached hydrogen (secondary N) is 1. The van der Waals surface area contributed by atoms with Crippen LogP contribution in [0.5, 0.6) is 0 Å². The summed E-state index contributed by atoms with van der Waals surface area (Å²) in [7, 11) is 0. The zero-order chi connectivity index (χ0) is 16.5. The number of rotatable bonds is 3. The summed E-state index contributed by atoms with van der Waals surface area (Å²) in [6, 6.07) is 5.80. The molecular weight excluding hydrogens is 282 g/mol. The molecule has 0 aliphatic carbocycles. The first-order chi connectivity index (χ1) is 10.1. The van der Waals surface area contributed by atoms with E-state index in [4.69, 9.17) is 9.84 Å². The zero-order valence-corrected chi connectivity index (χ0v) is 13.5. The molecule has 1 heterocycles. The molecule has 1 saturated heterocycles. The Morgan fingerprint density at radius 2 is 1.50 bits per heavy atom. The molecule has 2 rings (SSSR count). The van der Waals surface area contributed by atoms with Crippen molar-refractivity contribution in [3.05, 3.63) is 35.4 Å². The van der Waals surface area contributed by atoms with E-state index in [-0.39, 0.29) is 22.7 Å². The lowest BCUT2D eigenvalue weighted by molar-refractivity contribution is -0.00641. The summed E-state index contributed by atoms with van der Waals surface area (Å²) in [6.07, 6.45) is 1.34. The van der Waals surface area contributed by atoms with Crippen LogP contribution < -0.4 is 5.32 Å². The lowest BCUT2D eigenvalue weighted by Crippen LogP contribution is -2.59. The third kappa shape index (κ3) is 4.07. The van der Waals surface area contributed by atoms with E-state index in [9.17, 15) is 9.59 Å². The molecule has 0 atom stereocenters. The summed E-state index contributed by atoms with van der Waals surface area (Å²) in [5, 5.41) is 12.4. The fourth-order valence-corrected chi connectivity index (χ4v) is 3.28. The van der Waals surface area contributed by atoms with Crippen LogP contribution in [0.25, 0.3) is 0 Å². The van der Waals surface area contributed by atoms with Crippen molar-refractivity contribution in [3.8, 4) is 0 Å². The Bertz CT molecular complexity index is 559. The van der Waals surface area contributed by atoms with Crippen LogP contribution in [0.3, 0.4) is 0 Å². The van der Waals surface area contributed by atoms with Crippen molar-refractivity contribution >= 4 is 11.9 Å². The average Bonchev–Trinajstić information content (AvgIpc) is 2.34. The number of carbonyl (C=O) groups excluding carboxylic acids is 1. The van der Waals surface area contributed by atoms with Gasteiger partial charge in [-0.05, 0) is 52.0 Å². The van der Waals surface area contributed by atoms with Gasteiger partial charge in [0, 0.05) is 23.9 Å². The highest BCUT2D eigenvalue weighted by Gasteiger charge is 2.39. The van der Waals surface area contributed by atoms with Crippen LogP contribution in [0.1, 0.15) is 61.3 Å². The van der Waals surface area contributed by atoms with Gasteiger partial charge in [-0.1, -0.05) is 0 Å². The van der Waals surface area contributed by atoms with Gasteiger partial charge in [-0.15, -0.1) is 0 Å². The maximum absolute atomic E-state index is 12.2. The molecule has 1 aromatic rings. The van der Waals surface area contributed by atoms with Crippen LogP contribution in [0.2, 0.25) is 0 Å². The van der Waals surface area contributed by atoms with Crippen LogP contribution >= 0.6 is 0 Å². The summed E-state index contributed by atoms with van der Waals surface area (Å²) >= 11 is 0. The minimum absolute atomic E-state index is 0.0974. The highest BCUT2D eigenvalue weighted by molar-refractivity contribution is 5.92. The molecule has 0 spiro atoms. The normalized spacial score (nSPS) is 20.4. The summed E-state index contributed by atoms with van der Waals surface area (Å²) in [6.45, 7) is 8.37. The first kappa shape index (κ1) is 16.5. The van der Waals surface area contributed by atoms with Crippen molar-refractivity contribution in [1.82, 2.24) is 5.32 Å². The van der Waals surface area contributed by atoms with E-state index in [1.165, 1.54) is 24.3 Å². The third-order valence-electron chi connectivity index (χ3n) is 3.79. The summed E-state index contributed by atoms with van der Waals surface area (Å²) in [5.41, 5.74) is 0.333. The van der Waals surface area contributed by atoms with Gasteiger partial charge in [0.15, 0.2) is 0 Å². The molecule has 1 aliphatic heterocycles. The maximum atomic E-state index is 12.2. The molecule has 0 amide bonds. The molecule has 2 N–H and O–H groups in total. The number of piperidine rings is 1. The van der Waals surface area contributed by atoms with Crippen molar-refractivity contribution < 1.29 is 19.4 Å². The Kier molecular flexibility index (Phi) is 4.29. The molecule has 0 unspecified atom stereocenters. The van der Waals surface area contributed by atoms with Gasteiger partial charge in [0.25, 0.3) is 0 Å². The molecule has 0 bridgehead atoms. The Labute approximate surface area is 130 Å². The molecule has 1 aromatic carbocycles. The molecule has 22 heavy (non-hydrogen) atoms. The van der Waals surface area contributed by atoms with Gasteiger partial charge in [0.2, 0.25) is 0 Å². The van der Waals surface area contributed by atoms with Gasteiger partial charge < -0.3 is 15.2 Å². The lowest BCUT2D eigenvalue weighted by Gasteiger charge is -2.45. The number of carbonyl (C=O) groups is 2. The van der Waals surface area contributed by atoms with Crippen LogP contribution in [0.4, 0.5) is 0 Å². The van der Waals surface area contributed by atoms with Crippen LogP contribution in [0.15, 0.2) is 24.3 Å². The van der Waals surface area contributed by atoms with Crippen molar-refractivity contribution in [2.45, 2.75) is 57.7 Å². The van der Waals surface area contributed by atoms with Gasteiger partial charge >= 0.3 is 11.9 Å². The number of carboxylic acid groups (broad SMARTS) is 1. The smallest absolute Gasteiger partial charge is 0.338 e. The van der Waals surface area contributed by atoms with E-state index in [0.29, 0.717) is 5.56 Å². The predicted molar refractivity (Wildman–Crippen MR) is 83.1 cm³/mol. The molecule has 0 saturated carbocycles. The molecule has 5 nitrogen and oxygen atoms in total. The second-order valence-electron chi connectivity index (χ2n) is 7.21. The molecule has 120 valence electrons. The Balaban J connectivity index is 2.06. The predicted octanol–water partition coefficient (Wildman–Crippen LogP) is 2.85.